The zero-order valence-corrected chi connectivity index (χ0v) is 17.2. The summed E-state index contributed by atoms with van der Waals surface area (Å²) in [5.74, 6) is 0. The molecule has 1 atom stereocenters. The second kappa shape index (κ2) is 8.46. The van der Waals surface area contributed by atoms with Crippen LogP contribution in [0.5, 0.6) is 0 Å². The van der Waals surface area contributed by atoms with E-state index in [0.29, 0.717) is 5.56 Å². The van der Waals surface area contributed by atoms with Gasteiger partial charge in [0, 0.05) is 5.56 Å². The van der Waals surface area contributed by atoms with Crippen LogP contribution in [0.15, 0.2) is 84.9 Å². The third-order valence-corrected chi connectivity index (χ3v) is 7.14. The lowest BCUT2D eigenvalue weighted by molar-refractivity contribution is 0.0895. The minimum absolute atomic E-state index is 0.165. The molecule has 3 rings (SSSR count). The van der Waals surface area contributed by atoms with Crippen LogP contribution in [-0.2, 0) is 9.22 Å². The van der Waals surface area contributed by atoms with Crippen molar-refractivity contribution in [3.8, 4) is 0 Å². The largest absolute Gasteiger partial charge is 0.403 e. The van der Waals surface area contributed by atoms with E-state index in [0.717, 1.165) is 5.56 Å². The van der Waals surface area contributed by atoms with Crippen molar-refractivity contribution in [1.82, 2.24) is 0 Å². The molecule has 0 aromatic heterocycles. The van der Waals surface area contributed by atoms with Gasteiger partial charge < -0.3 is 4.43 Å². The standard InChI is InChI=1S/C24H25O2Si/c1-24(2,3)23(22-17-11-10-12-19(22)18-25)26-27(20-13-6-4-7-14-20)21-15-8-5-9-16-21/h4-17,23,27H,1-3H3. The summed E-state index contributed by atoms with van der Waals surface area (Å²) in [5.41, 5.74) is 1.32. The Morgan fingerprint density at radius 1 is 0.778 bits per heavy atom. The van der Waals surface area contributed by atoms with Crippen molar-refractivity contribution in [2.24, 2.45) is 5.41 Å². The van der Waals surface area contributed by atoms with E-state index in [1.54, 1.807) is 0 Å². The van der Waals surface area contributed by atoms with Crippen LogP contribution in [0.2, 0.25) is 0 Å². The van der Waals surface area contributed by atoms with Gasteiger partial charge in [0.05, 0.1) is 6.10 Å². The van der Waals surface area contributed by atoms with Gasteiger partial charge in [0.2, 0.25) is 15.3 Å². The second-order valence-electron chi connectivity index (χ2n) is 7.77. The minimum atomic E-state index is -1.94. The Morgan fingerprint density at radius 3 is 1.74 bits per heavy atom. The van der Waals surface area contributed by atoms with Crippen molar-refractivity contribution < 1.29 is 9.22 Å². The van der Waals surface area contributed by atoms with E-state index in [4.69, 9.17) is 4.43 Å². The molecule has 0 amide bonds. The molecule has 137 valence electrons. The SMILES string of the molecule is CC(C)(C)C(O[SiH](c1ccccc1)c1ccccc1)c1ccccc1[C]=O. The lowest BCUT2D eigenvalue weighted by atomic mass is 9.83. The highest BCUT2D eigenvalue weighted by atomic mass is 28.3. The van der Waals surface area contributed by atoms with E-state index in [1.165, 1.54) is 10.4 Å². The predicted octanol–water partition coefficient (Wildman–Crippen LogP) is 3.79. The number of benzene rings is 3. The molecule has 0 heterocycles. The first-order valence-electron chi connectivity index (χ1n) is 9.23. The Hall–Kier alpha value is -2.49. The molecule has 3 heteroatoms. The van der Waals surface area contributed by atoms with Crippen molar-refractivity contribution >= 4 is 25.7 Å². The van der Waals surface area contributed by atoms with Crippen molar-refractivity contribution in [2.75, 3.05) is 0 Å². The summed E-state index contributed by atoms with van der Waals surface area (Å²) in [6.07, 6.45) is 1.88. The third kappa shape index (κ3) is 4.62. The van der Waals surface area contributed by atoms with Crippen LogP contribution in [0.3, 0.4) is 0 Å². The van der Waals surface area contributed by atoms with Crippen LogP contribution in [0.1, 0.15) is 38.0 Å². The Bertz CT molecular complexity index is 830. The summed E-state index contributed by atoms with van der Waals surface area (Å²) in [6.45, 7) is 6.46. The summed E-state index contributed by atoms with van der Waals surface area (Å²) < 4.78 is 6.88. The third-order valence-electron chi connectivity index (χ3n) is 4.62. The van der Waals surface area contributed by atoms with Gasteiger partial charge in [0.1, 0.15) is 0 Å². The van der Waals surface area contributed by atoms with E-state index >= 15 is 0 Å². The fraction of sp³-hybridized carbons (Fsp3) is 0.208. The molecule has 0 bridgehead atoms. The van der Waals surface area contributed by atoms with Gasteiger partial charge in [-0.15, -0.1) is 0 Å². The maximum absolute atomic E-state index is 11.5. The molecular formula is C24H25O2Si. The second-order valence-corrected chi connectivity index (χ2v) is 10.1. The van der Waals surface area contributed by atoms with E-state index < -0.39 is 9.04 Å². The van der Waals surface area contributed by atoms with Crippen molar-refractivity contribution in [3.05, 3.63) is 96.1 Å². The molecule has 27 heavy (non-hydrogen) atoms. The smallest absolute Gasteiger partial charge is 0.240 e. The quantitative estimate of drug-likeness (QED) is 0.615. The fourth-order valence-electron chi connectivity index (χ4n) is 3.30. The first-order chi connectivity index (χ1) is 13.0. The molecule has 0 aliphatic carbocycles. The predicted molar refractivity (Wildman–Crippen MR) is 114 cm³/mol. The van der Waals surface area contributed by atoms with E-state index in [2.05, 4.69) is 75.6 Å². The maximum Gasteiger partial charge on any atom is 0.240 e. The molecule has 3 aromatic rings. The molecule has 2 nitrogen and oxygen atoms in total. The van der Waals surface area contributed by atoms with E-state index in [9.17, 15) is 4.79 Å². The molecular weight excluding hydrogens is 348 g/mol. The lowest BCUT2D eigenvalue weighted by Gasteiger charge is -2.35. The Kier molecular flexibility index (Phi) is 6.04. The van der Waals surface area contributed by atoms with Gasteiger partial charge >= 0.3 is 0 Å². The van der Waals surface area contributed by atoms with Gasteiger partial charge in [0.25, 0.3) is 0 Å². The van der Waals surface area contributed by atoms with E-state index in [-0.39, 0.29) is 11.5 Å². The lowest BCUT2D eigenvalue weighted by Crippen LogP contribution is -2.47. The van der Waals surface area contributed by atoms with Gasteiger partial charge in [0.15, 0.2) is 0 Å². The summed E-state index contributed by atoms with van der Waals surface area (Å²) in [6, 6.07) is 28.5. The molecule has 0 fully saturated rings. The molecule has 0 saturated carbocycles. The summed E-state index contributed by atoms with van der Waals surface area (Å²) in [5, 5.41) is 2.45. The normalized spacial score (nSPS) is 12.7. The maximum atomic E-state index is 11.5. The van der Waals surface area contributed by atoms with Crippen LogP contribution < -0.4 is 10.4 Å². The highest BCUT2D eigenvalue weighted by Crippen LogP contribution is 2.37. The van der Waals surface area contributed by atoms with Gasteiger partial charge in [-0.05, 0) is 21.4 Å². The van der Waals surface area contributed by atoms with Crippen LogP contribution in [-0.4, -0.2) is 15.3 Å². The molecule has 0 aliphatic rings. The highest BCUT2D eigenvalue weighted by Gasteiger charge is 2.33. The Labute approximate surface area is 163 Å². The summed E-state index contributed by atoms with van der Waals surface area (Å²) in [7, 11) is -1.94. The Morgan fingerprint density at radius 2 is 1.26 bits per heavy atom. The summed E-state index contributed by atoms with van der Waals surface area (Å²) in [4.78, 5) is 11.5. The zero-order chi connectivity index (χ0) is 19.3. The fourth-order valence-corrected chi connectivity index (χ4v) is 5.97. The van der Waals surface area contributed by atoms with Crippen molar-refractivity contribution in [1.29, 1.82) is 0 Å². The number of hydrogen-bond acceptors (Lipinski definition) is 2. The molecule has 0 N–H and O–H groups in total. The van der Waals surface area contributed by atoms with Crippen molar-refractivity contribution in [3.63, 3.8) is 0 Å². The average Bonchev–Trinajstić information content (AvgIpc) is 2.69. The van der Waals surface area contributed by atoms with Crippen LogP contribution >= 0.6 is 0 Å². The number of hydrogen-bond donors (Lipinski definition) is 0. The van der Waals surface area contributed by atoms with Gasteiger partial charge in [-0.2, -0.15) is 0 Å². The molecule has 0 saturated heterocycles. The number of rotatable bonds is 6. The molecule has 1 unspecified atom stereocenters. The first kappa shape index (κ1) is 19.3. The van der Waals surface area contributed by atoms with E-state index in [1.807, 2.05) is 36.4 Å². The Balaban J connectivity index is 2.07. The minimum Gasteiger partial charge on any atom is -0.403 e. The van der Waals surface area contributed by atoms with Crippen LogP contribution in [0, 0.1) is 5.41 Å². The zero-order valence-electron chi connectivity index (χ0n) is 16.1. The topological polar surface area (TPSA) is 26.3 Å². The molecule has 3 aromatic carbocycles. The van der Waals surface area contributed by atoms with Crippen molar-refractivity contribution in [2.45, 2.75) is 26.9 Å². The van der Waals surface area contributed by atoms with Crippen LogP contribution in [0.25, 0.3) is 0 Å². The summed E-state index contributed by atoms with van der Waals surface area (Å²) >= 11 is 0. The van der Waals surface area contributed by atoms with Gasteiger partial charge in [-0.3, -0.25) is 4.79 Å². The molecule has 0 spiro atoms. The first-order valence-corrected chi connectivity index (χ1v) is 10.9. The van der Waals surface area contributed by atoms with Gasteiger partial charge in [-0.25, -0.2) is 0 Å². The average molecular weight is 374 g/mol. The molecule has 1 radical (unpaired) electrons. The van der Waals surface area contributed by atoms with Gasteiger partial charge in [-0.1, -0.05) is 106 Å². The number of carbonyl (C=O) groups excluding carboxylic acids is 1. The highest BCUT2D eigenvalue weighted by molar-refractivity contribution is 6.80. The monoisotopic (exact) mass is 373 g/mol. The van der Waals surface area contributed by atoms with Crippen LogP contribution in [0.4, 0.5) is 0 Å². The molecule has 0 aliphatic heterocycles.